The Morgan fingerprint density at radius 1 is 1.22 bits per heavy atom. The summed E-state index contributed by atoms with van der Waals surface area (Å²) in [5, 5.41) is 1.05. The van der Waals surface area contributed by atoms with Crippen molar-refractivity contribution in [2.75, 3.05) is 18.5 Å². The first-order chi connectivity index (χ1) is 8.80. The number of benzene rings is 1. The fourth-order valence-electron chi connectivity index (χ4n) is 2.99. The molecule has 1 fully saturated rings. The van der Waals surface area contributed by atoms with Crippen LogP contribution in [0.3, 0.4) is 0 Å². The van der Waals surface area contributed by atoms with E-state index < -0.39 is 0 Å². The van der Waals surface area contributed by atoms with Crippen molar-refractivity contribution in [1.29, 1.82) is 0 Å². The summed E-state index contributed by atoms with van der Waals surface area (Å²) in [6, 6.07) is 11.0. The maximum absolute atomic E-state index is 5.48. The number of rotatable bonds is 5. The average Bonchev–Trinajstić information content (AvgIpc) is 2.47. The minimum Gasteiger partial charge on any atom is -0.381 e. The molecule has 18 heavy (non-hydrogen) atoms. The Morgan fingerprint density at radius 3 is 2.44 bits per heavy atom. The second-order valence-electron chi connectivity index (χ2n) is 5.39. The van der Waals surface area contributed by atoms with Gasteiger partial charge in [-0.05, 0) is 37.2 Å². The summed E-state index contributed by atoms with van der Waals surface area (Å²) in [4.78, 5) is 0. The lowest BCUT2D eigenvalue weighted by Crippen LogP contribution is -2.32. The largest absolute Gasteiger partial charge is 0.381 e. The Hall–Kier alpha value is -0.340. The third-order valence-corrected chi connectivity index (χ3v) is 5.41. The average molecular weight is 311 g/mol. The molecule has 0 aliphatic carbocycles. The van der Waals surface area contributed by atoms with Crippen molar-refractivity contribution in [3.8, 4) is 0 Å². The van der Waals surface area contributed by atoms with E-state index in [-0.39, 0.29) is 0 Å². The lowest BCUT2D eigenvalue weighted by atomic mass is 9.72. The van der Waals surface area contributed by atoms with Crippen LogP contribution < -0.4 is 0 Å². The van der Waals surface area contributed by atoms with Gasteiger partial charge in [0, 0.05) is 24.0 Å². The number of alkyl halides is 1. The first-order valence-electron chi connectivity index (χ1n) is 7.00. The quantitative estimate of drug-likeness (QED) is 0.725. The fraction of sp³-hybridized carbons (Fsp3) is 0.625. The van der Waals surface area contributed by atoms with Crippen LogP contribution in [0.15, 0.2) is 30.3 Å². The Labute approximate surface area is 119 Å². The highest BCUT2D eigenvalue weighted by Crippen LogP contribution is 2.39. The molecule has 0 amide bonds. The van der Waals surface area contributed by atoms with Gasteiger partial charge < -0.3 is 4.74 Å². The Morgan fingerprint density at radius 2 is 1.89 bits per heavy atom. The van der Waals surface area contributed by atoms with Gasteiger partial charge >= 0.3 is 0 Å². The Kier molecular flexibility index (Phi) is 5.25. The minimum atomic E-state index is 0.295. The molecule has 0 radical (unpaired) electrons. The summed E-state index contributed by atoms with van der Waals surface area (Å²) >= 11 is 3.77. The maximum atomic E-state index is 5.48. The highest BCUT2D eigenvalue weighted by atomic mass is 79.9. The highest BCUT2D eigenvalue weighted by molar-refractivity contribution is 9.09. The number of ether oxygens (including phenoxy) is 1. The van der Waals surface area contributed by atoms with Crippen LogP contribution in [0.5, 0.6) is 0 Å². The van der Waals surface area contributed by atoms with Gasteiger partial charge in [-0.2, -0.15) is 0 Å². The van der Waals surface area contributed by atoms with Gasteiger partial charge in [0.2, 0.25) is 0 Å². The number of halogens is 1. The summed E-state index contributed by atoms with van der Waals surface area (Å²) in [6.07, 6.45) is 4.92. The van der Waals surface area contributed by atoms with Crippen molar-refractivity contribution in [3.63, 3.8) is 0 Å². The molecule has 1 heterocycles. The van der Waals surface area contributed by atoms with E-state index in [2.05, 4.69) is 53.2 Å². The van der Waals surface area contributed by atoms with E-state index in [0.717, 1.165) is 24.5 Å². The molecule has 0 saturated carbocycles. The predicted molar refractivity (Wildman–Crippen MR) is 80.4 cm³/mol. The molecule has 1 aromatic rings. The number of hydrogen-bond acceptors (Lipinski definition) is 1. The monoisotopic (exact) mass is 310 g/mol. The van der Waals surface area contributed by atoms with Gasteiger partial charge in [-0.1, -0.05) is 53.2 Å². The van der Waals surface area contributed by atoms with Gasteiger partial charge in [0.1, 0.15) is 0 Å². The molecule has 1 saturated heterocycles. The van der Waals surface area contributed by atoms with Gasteiger partial charge in [0.05, 0.1) is 0 Å². The lowest BCUT2D eigenvalue weighted by molar-refractivity contribution is 0.0567. The van der Waals surface area contributed by atoms with Crippen molar-refractivity contribution in [3.05, 3.63) is 35.9 Å². The first kappa shape index (κ1) is 14.1. The third-order valence-electron chi connectivity index (χ3n) is 4.34. The summed E-state index contributed by atoms with van der Waals surface area (Å²) in [6.45, 7) is 4.21. The zero-order valence-electron chi connectivity index (χ0n) is 11.2. The second kappa shape index (κ2) is 6.72. The molecule has 100 valence electrons. The van der Waals surface area contributed by atoms with E-state index in [0.29, 0.717) is 5.41 Å². The minimum absolute atomic E-state index is 0.295. The normalized spacial score (nSPS) is 20.6. The summed E-state index contributed by atoms with van der Waals surface area (Å²) in [5.41, 5.74) is 1.78. The molecule has 0 N–H and O–H groups in total. The van der Waals surface area contributed by atoms with Gasteiger partial charge in [-0.15, -0.1) is 0 Å². The molecule has 1 aromatic carbocycles. The summed E-state index contributed by atoms with van der Waals surface area (Å²) in [5.74, 6) is 0.816. The lowest BCUT2D eigenvalue weighted by Gasteiger charge is -2.36. The van der Waals surface area contributed by atoms with Crippen LogP contribution in [-0.2, 0) is 10.2 Å². The molecule has 1 atom stereocenters. The molecule has 2 heteroatoms. The van der Waals surface area contributed by atoms with Crippen molar-refractivity contribution in [2.45, 2.75) is 38.0 Å². The number of hydrogen-bond donors (Lipinski definition) is 0. The molecule has 1 unspecified atom stereocenters. The van der Waals surface area contributed by atoms with Gasteiger partial charge in [-0.3, -0.25) is 0 Å². The predicted octanol–water partition coefficient (Wildman–Crippen LogP) is 4.55. The topological polar surface area (TPSA) is 9.23 Å². The van der Waals surface area contributed by atoms with Crippen LogP contribution in [0, 0.1) is 5.92 Å². The molecule has 1 aliphatic heterocycles. The van der Waals surface area contributed by atoms with E-state index in [9.17, 15) is 0 Å². The molecule has 1 nitrogen and oxygen atoms in total. The van der Waals surface area contributed by atoms with E-state index in [1.807, 2.05) is 0 Å². The zero-order chi connectivity index (χ0) is 12.8. The van der Waals surface area contributed by atoms with Crippen molar-refractivity contribution in [1.82, 2.24) is 0 Å². The molecule has 2 rings (SSSR count). The molecule has 0 spiro atoms. The fourth-order valence-corrected chi connectivity index (χ4v) is 3.94. The zero-order valence-corrected chi connectivity index (χ0v) is 12.8. The van der Waals surface area contributed by atoms with Crippen molar-refractivity contribution >= 4 is 15.9 Å². The third kappa shape index (κ3) is 3.16. The Balaban J connectivity index is 2.15. The maximum Gasteiger partial charge on any atom is 0.0468 e. The highest BCUT2D eigenvalue weighted by Gasteiger charge is 2.32. The molecular formula is C16H23BrO. The van der Waals surface area contributed by atoms with Crippen LogP contribution in [0.4, 0.5) is 0 Å². The van der Waals surface area contributed by atoms with Crippen LogP contribution in [-0.4, -0.2) is 18.5 Å². The van der Waals surface area contributed by atoms with Gasteiger partial charge in [0.25, 0.3) is 0 Å². The summed E-state index contributed by atoms with van der Waals surface area (Å²) in [7, 11) is 0. The first-order valence-corrected chi connectivity index (χ1v) is 8.12. The van der Waals surface area contributed by atoms with E-state index in [4.69, 9.17) is 4.74 Å². The van der Waals surface area contributed by atoms with Crippen LogP contribution >= 0.6 is 15.9 Å². The molecule has 1 aliphatic rings. The van der Waals surface area contributed by atoms with E-state index in [1.165, 1.54) is 31.2 Å². The summed E-state index contributed by atoms with van der Waals surface area (Å²) < 4.78 is 5.48. The van der Waals surface area contributed by atoms with Crippen molar-refractivity contribution < 1.29 is 4.74 Å². The van der Waals surface area contributed by atoms with Crippen LogP contribution in [0.25, 0.3) is 0 Å². The van der Waals surface area contributed by atoms with Gasteiger partial charge in [-0.25, -0.2) is 0 Å². The SMILES string of the molecule is CCC(CBr)(CC1CCOCC1)c1ccccc1. The standard InChI is InChI=1S/C16H23BrO/c1-2-16(13-17,15-6-4-3-5-7-15)12-14-8-10-18-11-9-14/h3-7,14H,2,8-13H2,1H3. The van der Waals surface area contributed by atoms with Crippen molar-refractivity contribution in [2.24, 2.45) is 5.92 Å². The van der Waals surface area contributed by atoms with Gasteiger partial charge in [0.15, 0.2) is 0 Å². The van der Waals surface area contributed by atoms with E-state index >= 15 is 0 Å². The smallest absolute Gasteiger partial charge is 0.0468 e. The van der Waals surface area contributed by atoms with E-state index in [1.54, 1.807) is 0 Å². The molecular weight excluding hydrogens is 288 g/mol. The van der Waals surface area contributed by atoms with Crippen LogP contribution in [0.2, 0.25) is 0 Å². The molecule has 0 aromatic heterocycles. The van der Waals surface area contributed by atoms with Crippen LogP contribution in [0.1, 0.15) is 38.2 Å². The second-order valence-corrected chi connectivity index (χ2v) is 5.95. The molecule has 0 bridgehead atoms. The Bertz CT molecular complexity index is 339.